The van der Waals surface area contributed by atoms with Gasteiger partial charge in [-0.05, 0) is 38.4 Å². The zero-order valence-corrected chi connectivity index (χ0v) is 15.5. The smallest absolute Gasteiger partial charge is 0.121 e. The van der Waals surface area contributed by atoms with Crippen molar-refractivity contribution in [2.24, 2.45) is 0 Å². The summed E-state index contributed by atoms with van der Waals surface area (Å²) in [5, 5.41) is 4.67. The van der Waals surface area contributed by atoms with Crippen molar-refractivity contribution in [3.63, 3.8) is 0 Å². The van der Waals surface area contributed by atoms with Gasteiger partial charge >= 0.3 is 0 Å². The Morgan fingerprint density at radius 2 is 2.08 bits per heavy atom. The van der Waals surface area contributed by atoms with Crippen LogP contribution in [0.25, 0.3) is 10.9 Å². The van der Waals surface area contributed by atoms with Gasteiger partial charge in [-0.15, -0.1) is 0 Å². The summed E-state index contributed by atoms with van der Waals surface area (Å²) in [6, 6.07) is 8.72. The Kier molecular flexibility index (Phi) is 7.32. The molecule has 0 spiro atoms. The molecule has 2 aromatic rings. The molecule has 0 radical (unpaired) electrons. The summed E-state index contributed by atoms with van der Waals surface area (Å²) in [7, 11) is 1.71. The van der Waals surface area contributed by atoms with Crippen molar-refractivity contribution in [1.82, 2.24) is 9.88 Å². The second kappa shape index (κ2) is 9.48. The normalized spacial score (nSPS) is 12.5. The van der Waals surface area contributed by atoms with Crippen LogP contribution in [-0.2, 0) is 0 Å². The molecule has 0 fully saturated rings. The molecule has 0 bridgehead atoms. The number of aromatic nitrogens is 1. The predicted molar refractivity (Wildman–Crippen MR) is 103 cm³/mol. The van der Waals surface area contributed by atoms with E-state index in [-0.39, 0.29) is 0 Å². The van der Waals surface area contributed by atoms with Gasteiger partial charge in [-0.25, -0.2) is 0 Å². The minimum atomic E-state index is 0.624. The third kappa shape index (κ3) is 4.84. The number of nitrogens with zero attached hydrogens (tertiary/aromatic N) is 2. The van der Waals surface area contributed by atoms with Gasteiger partial charge in [0.1, 0.15) is 5.75 Å². The van der Waals surface area contributed by atoms with Crippen molar-refractivity contribution in [1.29, 1.82) is 0 Å². The molecule has 1 N–H and O–H groups in total. The molecule has 2 rings (SSSR count). The first-order chi connectivity index (χ1) is 11.7. The fraction of sp³-hybridized carbons (Fsp3) is 0.550. The van der Waals surface area contributed by atoms with Crippen LogP contribution in [-0.4, -0.2) is 42.7 Å². The summed E-state index contributed by atoms with van der Waals surface area (Å²) < 4.78 is 5.42. The quantitative estimate of drug-likeness (QED) is 0.693. The lowest BCUT2D eigenvalue weighted by Crippen LogP contribution is -2.37. The summed E-state index contributed by atoms with van der Waals surface area (Å²) in [5.41, 5.74) is 2.05. The highest BCUT2D eigenvalue weighted by atomic mass is 16.5. The van der Waals surface area contributed by atoms with E-state index in [0.717, 1.165) is 35.4 Å². The van der Waals surface area contributed by atoms with Crippen LogP contribution in [0, 0.1) is 0 Å². The van der Waals surface area contributed by atoms with E-state index in [2.05, 4.69) is 42.0 Å². The second-order valence-corrected chi connectivity index (χ2v) is 6.32. The topological polar surface area (TPSA) is 37.4 Å². The number of unbranched alkanes of at least 4 members (excludes halogenated alkanes) is 1. The molecule has 24 heavy (non-hydrogen) atoms. The van der Waals surface area contributed by atoms with E-state index in [1.807, 2.05) is 24.4 Å². The molecule has 1 atom stereocenters. The third-order valence-corrected chi connectivity index (χ3v) is 4.64. The van der Waals surface area contributed by atoms with Gasteiger partial charge in [0, 0.05) is 36.8 Å². The van der Waals surface area contributed by atoms with Crippen LogP contribution in [0.4, 0.5) is 5.69 Å². The molecule has 4 heteroatoms. The highest BCUT2D eigenvalue weighted by Gasteiger charge is 2.12. The zero-order chi connectivity index (χ0) is 17.4. The van der Waals surface area contributed by atoms with Crippen molar-refractivity contribution in [2.75, 3.05) is 32.1 Å². The first-order valence-electron chi connectivity index (χ1n) is 9.10. The molecule has 0 amide bonds. The summed E-state index contributed by atoms with van der Waals surface area (Å²) >= 11 is 0. The summed E-state index contributed by atoms with van der Waals surface area (Å²) in [4.78, 5) is 7.10. The maximum absolute atomic E-state index is 5.42. The lowest BCUT2D eigenvalue weighted by atomic mass is 10.1. The predicted octanol–water partition coefficient (Wildman–Crippen LogP) is 4.56. The number of hydrogen-bond acceptors (Lipinski definition) is 4. The second-order valence-electron chi connectivity index (χ2n) is 6.32. The van der Waals surface area contributed by atoms with Gasteiger partial charge in [0.15, 0.2) is 0 Å². The Balaban J connectivity index is 2.06. The highest BCUT2D eigenvalue weighted by Crippen LogP contribution is 2.27. The number of methoxy groups -OCH3 is 1. The van der Waals surface area contributed by atoms with E-state index in [1.165, 1.54) is 25.8 Å². The van der Waals surface area contributed by atoms with E-state index in [0.29, 0.717) is 6.04 Å². The van der Waals surface area contributed by atoms with Crippen LogP contribution in [0.5, 0.6) is 5.75 Å². The van der Waals surface area contributed by atoms with E-state index >= 15 is 0 Å². The van der Waals surface area contributed by atoms with Gasteiger partial charge in [0.2, 0.25) is 0 Å². The van der Waals surface area contributed by atoms with Crippen LogP contribution >= 0.6 is 0 Å². The monoisotopic (exact) mass is 329 g/mol. The third-order valence-electron chi connectivity index (χ3n) is 4.64. The molecule has 1 heterocycles. The Hall–Kier alpha value is -1.81. The molecular weight excluding hydrogens is 298 g/mol. The number of anilines is 1. The molecule has 1 aromatic carbocycles. The molecule has 1 unspecified atom stereocenters. The summed E-state index contributed by atoms with van der Waals surface area (Å²) in [6.45, 7) is 9.95. The van der Waals surface area contributed by atoms with Crippen molar-refractivity contribution >= 4 is 16.6 Å². The van der Waals surface area contributed by atoms with Gasteiger partial charge in [-0.3, -0.25) is 9.88 Å². The number of pyridine rings is 1. The molecule has 0 aliphatic heterocycles. The maximum atomic E-state index is 5.42. The zero-order valence-electron chi connectivity index (χ0n) is 15.5. The van der Waals surface area contributed by atoms with Crippen LogP contribution in [0.15, 0.2) is 30.5 Å². The summed E-state index contributed by atoms with van der Waals surface area (Å²) in [5.74, 6) is 0.864. The molecule has 0 aliphatic rings. The number of hydrogen-bond donors (Lipinski definition) is 1. The van der Waals surface area contributed by atoms with Gasteiger partial charge in [-0.1, -0.05) is 26.3 Å². The molecule has 132 valence electrons. The summed E-state index contributed by atoms with van der Waals surface area (Å²) in [6.07, 6.45) is 5.53. The van der Waals surface area contributed by atoms with Crippen molar-refractivity contribution < 1.29 is 4.74 Å². The number of nitrogens with one attached hydrogen (secondary N) is 1. The van der Waals surface area contributed by atoms with E-state index in [4.69, 9.17) is 4.74 Å². The lowest BCUT2D eigenvalue weighted by Gasteiger charge is -2.28. The first-order valence-corrected chi connectivity index (χ1v) is 9.10. The molecule has 0 aliphatic carbocycles. The van der Waals surface area contributed by atoms with Crippen LogP contribution < -0.4 is 10.1 Å². The highest BCUT2D eigenvalue weighted by molar-refractivity contribution is 5.91. The Bertz CT molecular complexity index is 629. The van der Waals surface area contributed by atoms with E-state index in [9.17, 15) is 0 Å². The maximum Gasteiger partial charge on any atom is 0.121 e. The SMILES string of the molecule is CCCCN(CCNc1cc(OC)cc2cccnc12)C(C)CC. The first kappa shape index (κ1) is 18.5. The van der Waals surface area contributed by atoms with Gasteiger partial charge in [0.05, 0.1) is 18.3 Å². The number of benzene rings is 1. The average molecular weight is 329 g/mol. The van der Waals surface area contributed by atoms with Gasteiger partial charge in [-0.2, -0.15) is 0 Å². The van der Waals surface area contributed by atoms with Crippen molar-refractivity contribution in [3.8, 4) is 5.75 Å². The molecule has 0 saturated carbocycles. The molecule has 0 saturated heterocycles. The molecule has 4 nitrogen and oxygen atoms in total. The Labute approximate surface area is 146 Å². The van der Waals surface area contributed by atoms with Gasteiger partial charge < -0.3 is 10.1 Å². The fourth-order valence-corrected chi connectivity index (χ4v) is 2.92. The number of ether oxygens (including phenoxy) is 1. The van der Waals surface area contributed by atoms with Gasteiger partial charge in [0.25, 0.3) is 0 Å². The van der Waals surface area contributed by atoms with Crippen LogP contribution in [0.2, 0.25) is 0 Å². The Morgan fingerprint density at radius 1 is 1.25 bits per heavy atom. The molecular formula is C20H31N3O. The minimum Gasteiger partial charge on any atom is -0.497 e. The van der Waals surface area contributed by atoms with Crippen molar-refractivity contribution in [2.45, 2.75) is 46.1 Å². The molecule has 1 aromatic heterocycles. The largest absolute Gasteiger partial charge is 0.497 e. The minimum absolute atomic E-state index is 0.624. The number of fused-ring (bicyclic) bond motifs is 1. The van der Waals surface area contributed by atoms with E-state index in [1.54, 1.807) is 7.11 Å². The van der Waals surface area contributed by atoms with Crippen molar-refractivity contribution in [3.05, 3.63) is 30.5 Å². The Morgan fingerprint density at radius 3 is 2.79 bits per heavy atom. The lowest BCUT2D eigenvalue weighted by molar-refractivity contribution is 0.208. The van der Waals surface area contributed by atoms with Crippen LogP contribution in [0.1, 0.15) is 40.0 Å². The fourth-order valence-electron chi connectivity index (χ4n) is 2.92. The average Bonchev–Trinajstić information content (AvgIpc) is 2.63. The van der Waals surface area contributed by atoms with Crippen LogP contribution in [0.3, 0.4) is 0 Å². The van der Waals surface area contributed by atoms with E-state index < -0.39 is 0 Å². The number of rotatable bonds is 10. The standard InChI is InChI=1S/C20H31N3O/c1-5-7-12-23(16(3)6-2)13-11-21-19-15-18(24-4)14-17-9-8-10-22-20(17)19/h8-10,14-16,21H,5-7,11-13H2,1-4H3.